The number of nitrogens with one attached hydrogen (secondary N) is 1. The van der Waals surface area contributed by atoms with Crippen molar-refractivity contribution >= 4 is 0 Å². The molecule has 0 bridgehead atoms. The fourth-order valence-corrected chi connectivity index (χ4v) is 2.28. The summed E-state index contributed by atoms with van der Waals surface area (Å²) in [6.45, 7) is 5.64. The van der Waals surface area contributed by atoms with E-state index in [4.69, 9.17) is 4.74 Å². The zero-order chi connectivity index (χ0) is 13.5. The maximum Gasteiger partial charge on any atom is 0.0593 e. The van der Waals surface area contributed by atoms with Gasteiger partial charge < -0.3 is 10.1 Å². The minimum Gasteiger partial charge on any atom is -0.380 e. The molecular formula is C16H26N2O. The molecule has 0 aromatic heterocycles. The minimum absolute atomic E-state index is 0.433. The maximum absolute atomic E-state index is 5.47. The third-order valence-corrected chi connectivity index (χ3v) is 3.69. The van der Waals surface area contributed by atoms with Crippen molar-refractivity contribution in [2.75, 3.05) is 33.4 Å². The van der Waals surface area contributed by atoms with Crippen molar-refractivity contribution in [3.8, 4) is 0 Å². The number of hydrogen-bond donors (Lipinski definition) is 1. The van der Waals surface area contributed by atoms with Gasteiger partial charge in [0.05, 0.1) is 6.61 Å². The molecule has 1 fully saturated rings. The van der Waals surface area contributed by atoms with Crippen molar-refractivity contribution in [2.45, 2.75) is 31.8 Å². The molecule has 3 heteroatoms. The van der Waals surface area contributed by atoms with Crippen molar-refractivity contribution in [2.24, 2.45) is 0 Å². The Morgan fingerprint density at radius 1 is 1.32 bits per heavy atom. The Labute approximate surface area is 116 Å². The number of benzene rings is 1. The van der Waals surface area contributed by atoms with Crippen LogP contribution in [0.5, 0.6) is 0 Å². The van der Waals surface area contributed by atoms with Gasteiger partial charge in [-0.25, -0.2) is 0 Å². The van der Waals surface area contributed by atoms with E-state index in [1.54, 1.807) is 0 Å². The van der Waals surface area contributed by atoms with Crippen LogP contribution in [-0.4, -0.2) is 44.3 Å². The Bertz CT molecular complexity index is 351. The number of nitrogens with zero attached hydrogens (tertiary/aromatic N) is 1. The smallest absolute Gasteiger partial charge is 0.0593 e. The van der Waals surface area contributed by atoms with E-state index < -0.39 is 0 Å². The second-order valence-electron chi connectivity index (χ2n) is 5.29. The average molecular weight is 262 g/mol. The fourth-order valence-electron chi connectivity index (χ4n) is 2.28. The van der Waals surface area contributed by atoms with Crippen LogP contribution in [0.25, 0.3) is 0 Å². The number of ether oxygens (including phenoxy) is 1. The maximum atomic E-state index is 5.47. The molecule has 1 aromatic rings. The van der Waals surface area contributed by atoms with Crippen LogP contribution >= 0.6 is 0 Å². The van der Waals surface area contributed by atoms with E-state index in [-0.39, 0.29) is 0 Å². The van der Waals surface area contributed by atoms with E-state index in [1.165, 1.54) is 18.4 Å². The van der Waals surface area contributed by atoms with E-state index >= 15 is 0 Å². The summed E-state index contributed by atoms with van der Waals surface area (Å²) in [5, 5.41) is 3.64. The highest BCUT2D eigenvalue weighted by atomic mass is 16.5. The van der Waals surface area contributed by atoms with Crippen molar-refractivity contribution in [1.82, 2.24) is 10.2 Å². The molecule has 1 aliphatic carbocycles. The first-order valence-corrected chi connectivity index (χ1v) is 7.37. The molecule has 3 nitrogen and oxygen atoms in total. The fraction of sp³-hybridized carbons (Fsp3) is 0.625. The van der Waals surface area contributed by atoms with Gasteiger partial charge in [-0.2, -0.15) is 0 Å². The van der Waals surface area contributed by atoms with Crippen LogP contribution < -0.4 is 5.32 Å². The lowest BCUT2D eigenvalue weighted by Gasteiger charge is -2.29. The molecule has 19 heavy (non-hydrogen) atoms. The van der Waals surface area contributed by atoms with Crippen LogP contribution in [0, 0.1) is 0 Å². The van der Waals surface area contributed by atoms with E-state index in [9.17, 15) is 0 Å². The summed E-state index contributed by atoms with van der Waals surface area (Å²) in [6.07, 6.45) is 2.67. The summed E-state index contributed by atoms with van der Waals surface area (Å²) in [5.74, 6) is 0. The Balaban J connectivity index is 1.91. The van der Waals surface area contributed by atoms with Crippen LogP contribution in [-0.2, 0) is 4.74 Å². The summed E-state index contributed by atoms with van der Waals surface area (Å²) >= 11 is 0. The van der Waals surface area contributed by atoms with Gasteiger partial charge in [0.1, 0.15) is 0 Å². The van der Waals surface area contributed by atoms with Gasteiger partial charge >= 0.3 is 0 Å². The molecule has 2 rings (SSSR count). The van der Waals surface area contributed by atoms with E-state index in [2.05, 4.69) is 47.6 Å². The molecular weight excluding hydrogens is 236 g/mol. The van der Waals surface area contributed by atoms with Crippen molar-refractivity contribution < 1.29 is 4.74 Å². The highest BCUT2D eigenvalue weighted by molar-refractivity contribution is 5.19. The number of likely N-dealkylation sites (N-methyl/N-ethyl adjacent to an activating group) is 1. The third kappa shape index (κ3) is 4.94. The molecule has 106 valence electrons. The molecule has 1 atom stereocenters. The summed E-state index contributed by atoms with van der Waals surface area (Å²) in [7, 11) is 2.19. The standard InChI is InChI=1S/C16H26N2O/c1-3-19-12-11-18(2)16(13-17-15-9-10-15)14-7-5-4-6-8-14/h4-8,15-17H,3,9-13H2,1-2H3. The summed E-state index contributed by atoms with van der Waals surface area (Å²) in [6, 6.07) is 11.9. The predicted molar refractivity (Wildman–Crippen MR) is 79.3 cm³/mol. The summed E-state index contributed by atoms with van der Waals surface area (Å²) < 4.78 is 5.47. The van der Waals surface area contributed by atoms with Gasteiger partial charge in [0.2, 0.25) is 0 Å². The molecule has 0 heterocycles. The van der Waals surface area contributed by atoms with Crippen molar-refractivity contribution in [3.05, 3.63) is 35.9 Å². The quantitative estimate of drug-likeness (QED) is 0.692. The normalized spacial score (nSPS) is 16.8. The zero-order valence-electron chi connectivity index (χ0n) is 12.1. The average Bonchev–Trinajstić information content (AvgIpc) is 3.25. The van der Waals surface area contributed by atoms with Crippen molar-refractivity contribution in [1.29, 1.82) is 0 Å². The topological polar surface area (TPSA) is 24.5 Å². The van der Waals surface area contributed by atoms with Crippen LogP contribution in [0.2, 0.25) is 0 Å². The van der Waals surface area contributed by atoms with Gasteiger partial charge in [-0.15, -0.1) is 0 Å². The van der Waals surface area contributed by atoms with Crippen LogP contribution in [0.4, 0.5) is 0 Å². The molecule has 0 saturated heterocycles. The molecule has 1 aliphatic rings. The van der Waals surface area contributed by atoms with Crippen LogP contribution in [0.1, 0.15) is 31.4 Å². The second kappa shape index (κ2) is 7.63. The highest BCUT2D eigenvalue weighted by Crippen LogP contribution is 2.22. The molecule has 1 unspecified atom stereocenters. The Hall–Kier alpha value is -0.900. The highest BCUT2D eigenvalue weighted by Gasteiger charge is 2.24. The monoisotopic (exact) mass is 262 g/mol. The van der Waals surface area contributed by atoms with Gasteiger partial charge in [0.25, 0.3) is 0 Å². The van der Waals surface area contributed by atoms with Crippen LogP contribution in [0.15, 0.2) is 30.3 Å². The Kier molecular flexibility index (Phi) is 5.83. The van der Waals surface area contributed by atoms with E-state index in [0.29, 0.717) is 6.04 Å². The molecule has 0 aliphatic heterocycles. The van der Waals surface area contributed by atoms with Gasteiger partial charge in [0.15, 0.2) is 0 Å². The zero-order valence-corrected chi connectivity index (χ0v) is 12.1. The summed E-state index contributed by atoms with van der Waals surface area (Å²) in [4.78, 5) is 2.39. The Morgan fingerprint density at radius 2 is 2.05 bits per heavy atom. The summed E-state index contributed by atoms with van der Waals surface area (Å²) in [5.41, 5.74) is 1.38. The molecule has 1 aromatic carbocycles. The molecule has 0 amide bonds. The molecule has 0 spiro atoms. The second-order valence-corrected chi connectivity index (χ2v) is 5.29. The SMILES string of the molecule is CCOCCN(C)C(CNC1CC1)c1ccccc1. The minimum atomic E-state index is 0.433. The lowest BCUT2D eigenvalue weighted by atomic mass is 10.1. The number of rotatable bonds is 9. The number of hydrogen-bond acceptors (Lipinski definition) is 3. The molecule has 1 N–H and O–H groups in total. The Morgan fingerprint density at radius 3 is 2.68 bits per heavy atom. The van der Waals surface area contributed by atoms with E-state index in [0.717, 1.165) is 32.3 Å². The van der Waals surface area contributed by atoms with E-state index in [1.807, 2.05) is 6.92 Å². The van der Waals surface area contributed by atoms with Crippen LogP contribution in [0.3, 0.4) is 0 Å². The van der Waals surface area contributed by atoms with Gasteiger partial charge in [0, 0.05) is 31.8 Å². The van der Waals surface area contributed by atoms with Gasteiger partial charge in [-0.05, 0) is 32.4 Å². The third-order valence-electron chi connectivity index (χ3n) is 3.69. The van der Waals surface area contributed by atoms with Crippen molar-refractivity contribution in [3.63, 3.8) is 0 Å². The predicted octanol–water partition coefficient (Wildman–Crippen LogP) is 2.45. The first-order valence-electron chi connectivity index (χ1n) is 7.37. The van der Waals surface area contributed by atoms with Gasteiger partial charge in [-0.3, -0.25) is 4.90 Å². The molecule has 1 saturated carbocycles. The van der Waals surface area contributed by atoms with Gasteiger partial charge in [-0.1, -0.05) is 30.3 Å². The lowest BCUT2D eigenvalue weighted by molar-refractivity contribution is 0.106. The lowest BCUT2D eigenvalue weighted by Crippen LogP contribution is -2.36. The first kappa shape index (κ1) is 14.5. The molecule has 0 radical (unpaired) electrons. The largest absolute Gasteiger partial charge is 0.380 e. The first-order chi connectivity index (χ1) is 9.31.